The quantitative estimate of drug-likeness (QED) is 0.748. The van der Waals surface area contributed by atoms with Crippen LogP contribution in [0.3, 0.4) is 0 Å². The van der Waals surface area contributed by atoms with Crippen LogP contribution in [0.4, 0.5) is 0 Å². The molecule has 4 nitrogen and oxygen atoms in total. The van der Waals surface area contributed by atoms with Crippen molar-refractivity contribution in [1.82, 2.24) is 4.90 Å². The Balaban J connectivity index is 4.86. The zero-order valence-corrected chi connectivity index (χ0v) is 10.6. The number of aliphatic hydroxyl groups is 1. The van der Waals surface area contributed by atoms with Gasteiger partial charge in [-0.2, -0.15) is 0 Å². The molecule has 0 aromatic rings. The highest BCUT2D eigenvalue weighted by Gasteiger charge is 2.38. The van der Waals surface area contributed by atoms with Crippen molar-refractivity contribution in [2.24, 2.45) is 0 Å². The fourth-order valence-corrected chi connectivity index (χ4v) is 1.12. The molecular formula is C11H23NO3. The zero-order chi connectivity index (χ0) is 12.3. The van der Waals surface area contributed by atoms with E-state index in [0.717, 1.165) is 0 Å². The minimum Gasteiger partial charge on any atom is -0.394 e. The van der Waals surface area contributed by atoms with Crippen molar-refractivity contribution in [3.63, 3.8) is 0 Å². The largest absolute Gasteiger partial charge is 0.394 e. The minimum absolute atomic E-state index is 0.0707. The Morgan fingerprint density at radius 1 is 1.40 bits per heavy atom. The van der Waals surface area contributed by atoms with Crippen molar-refractivity contribution in [3.8, 4) is 0 Å². The van der Waals surface area contributed by atoms with Gasteiger partial charge in [0.05, 0.1) is 12.1 Å². The molecule has 0 saturated heterocycles. The first-order chi connectivity index (χ1) is 6.75. The SMILES string of the molecule is CCC(C)(OC)C(=O)N(C)C(C)(C)CO. The van der Waals surface area contributed by atoms with Crippen LogP contribution in [0.15, 0.2) is 0 Å². The molecule has 0 bridgehead atoms. The third-order valence-corrected chi connectivity index (χ3v) is 3.18. The molecule has 0 aromatic carbocycles. The van der Waals surface area contributed by atoms with Crippen LogP contribution in [0.25, 0.3) is 0 Å². The van der Waals surface area contributed by atoms with E-state index in [-0.39, 0.29) is 12.5 Å². The van der Waals surface area contributed by atoms with Crippen molar-refractivity contribution in [2.75, 3.05) is 20.8 Å². The van der Waals surface area contributed by atoms with E-state index >= 15 is 0 Å². The Morgan fingerprint density at radius 2 is 1.87 bits per heavy atom. The predicted molar refractivity (Wildman–Crippen MR) is 59.6 cm³/mol. The average molecular weight is 217 g/mol. The second-order valence-corrected chi connectivity index (χ2v) is 4.62. The highest BCUT2D eigenvalue weighted by molar-refractivity contribution is 5.85. The maximum atomic E-state index is 12.1. The molecule has 1 atom stereocenters. The van der Waals surface area contributed by atoms with Crippen LogP contribution in [0.1, 0.15) is 34.1 Å². The summed E-state index contributed by atoms with van der Waals surface area (Å²) >= 11 is 0. The molecular weight excluding hydrogens is 194 g/mol. The van der Waals surface area contributed by atoms with Crippen molar-refractivity contribution in [3.05, 3.63) is 0 Å². The molecule has 0 fully saturated rings. The van der Waals surface area contributed by atoms with Gasteiger partial charge < -0.3 is 14.7 Å². The first kappa shape index (κ1) is 14.4. The summed E-state index contributed by atoms with van der Waals surface area (Å²) < 4.78 is 5.24. The Labute approximate surface area is 92.2 Å². The zero-order valence-electron chi connectivity index (χ0n) is 10.6. The second-order valence-electron chi connectivity index (χ2n) is 4.62. The summed E-state index contributed by atoms with van der Waals surface area (Å²) in [5, 5.41) is 9.19. The summed E-state index contributed by atoms with van der Waals surface area (Å²) in [6.07, 6.45) is 0.605. The molecule has 0 aliphatic heterocycles. The molecule has 0 aliphatic rings. The first-order valence-corrected chi connectivity index (χ1v) is 5.19. The van der Waals surface area contributed by atoms with Gasteiger partial charge in [0.2, 0.25) is 0 Å². The smallest absolute Gasteiger partial charge is 0.254 e. The van der Waals surface area contributed by atoms with Gasteiger partial charge in [-0.3, -0.25) is 4.79 Å². The average Bonchev–Trinajstić information content (AvgIpc) is 2.25. The molecule has 1 N–H and O–H groups in total. The maximum absolute atomic E-state index is 12.1. The van der Waals surface area contributed by atoms with Gasteiger partial charge >= 0.3 is 0 Å². The molecule has 0 radical (unpaired) electrons. The summed E-state index contributed by atoms with van der Waals surface area (Å²) in [7, 11) is 3.21. The number of likely N-dealkylation sites (N-methyl/N-ethyl adjacent to an activating group) is 1. The van der Waals surface area contributed by atoms with Gasteiger partial charge in [0.15, 0.2) is 0 Å². The van der Waals surface area contributed by atoms with E-state index in [2.05, 4.69) is 0 Å². The van der Waals surface area contributed by atoms with Crippen LogP contribution in [0.5, 0.6) is 0 Å². The number of nitrogens with zero attached hydrogens (tertiary/aromatic N) is 1. The first-order valence-electron chi connectivity index (χ1n) is 5.19. The van der Waals surface area contributed by atoms with E-state index in [9.17, 15) is 9.90 Å². The number of aliphatic hydroxyl groups excluding tert-OH is 1. The van der Waals surface area contributed by atoms with Gasteiger partial charge in [0, 0.05) is 14.2 Å². The molecule has 0 aliphatic carbocycles. The highest BCUT2D eigenvalue weighted by Crippen LogP contribution is 2.22. The van der Waals surface area contributed by atoms with Crippen LogP contribution in [0, 0.1) is 0 Å². The molecule has 0 spiro atoms. The number of hydrogen-bond donors (Lipinski definition) is 1. The van der Waals surface area contributed by atoms with E-state index in [1.54, 1.807) is 18.9 Å². The fraction of sp³-hybridized carbons (Fsp3) is 0.909. The van der Waals surface area contributed by atoms with E-state index < -0.39 is 11.1 Å². The van der Waals surface area contributed by atoms with E-state index in [4.69, 9.17) is 4.74 Å². The monoisotopic (exact) mass is 217 g/mol. The van der Waals surface area contributed by atoms with Crippen LogP contribution < -0.4 is 0 Å². The van der Waals surface area contributed by atoms with E-state index in [0.29, 0.717) is 6.42 Å². The maximum Gasteiger partial charge on any atom is 0.254 e. The van der Waals surface area contributed by atoms with Gasteiger partial charge in [0.25, 0.3) is 5.91 Å². The standard InChI is InChI=1S/C11H23NO3/c1-7-11(4,15-6)9(14)12(5)10(2,3)8-13/h13H,7-8H2,1-6H3. The van der Waals surface area contributed by atoms with E-state index in [1.807, 2.05) is 20.8 Å². The van der Waals surface area contributed by atoms with Gasteiger partial charge in [0.1, 0.15) is 5.60 Å². The third kappa shape index (κ3) is 2.92. The summed E-state index contributed by atoms with van der Waals surface area (Å²) in [5.41, 5.74) is -1.37. The van der Waals surface area contributed by atoms with Crippen molar-refractivity contribution < 1.29 is 14.6 Å². The van der Waals surface area contributed by atoms with Crippen LogP contribution >= 0.6 is 0 Å². The molecule has 15 heavy (non-hydrogen) atoms. The molecule has 0 aromatic heterocycles. The lowest BCUT2D eigenvalue weighted by molar-refractivity contribution is -0.158. The lowest BCUT2D eigenvalue weighted by Gasteiger charge is -2.39. The molecule has 0 rings (SSSR count). The molecule has 4 heteroatoms. The van der Waals surface area contributed by atoms with Gasteiger partial charge in [-0.25, -0.2) is 0 Å². The Hall–Kier alpha value is -0.610. The van der Waals surface area contributed by atoms with Crippen molar-refractivity contribution in [1.29, 1.82) is 0 Å². The Kier molecular flexibility index (Phi) is 4.74. The van der Waals surface area contributed by atoms with Gasteiger partial charge in [-0.15, -0.1) is 0 Å². The molecule has 0 saturated carbocycles. The summed E-state index contributed by atoms with van der Waals surface area (Å²) in [4.78, 5) is 13.7. The summed E-state index contributed by atoms with van der Waals surface area (Å²) in [6.45, 7) is 7.23. The number of ether oxygens (including phenoxy) is 1. The van der Waals surface area contributed by atoms with Gasteiger partial charge in [-0.05, 0) is 27.2 Å². The van der Waals surface area contributed by atoms with Crippen molar-refractivity contribution in [2.45, 2.75) is 45.3 Å². The minimum atomic E-state index is -0.804. The van der Waals surface area contributed by atoms with Crippen LogP contribution in [0.2, 0.25) is 0 Å². The normalized spacial score (nSPS) is 15.9. The number of amides is 1. The second kappa shape index (κ2) is 4.94. The Morgan fingerprint density at radius 3 is 2.13 bits per heavy atom. The predicted octanol–water partition coefficient (Wildman–Crippen LogP) is 1.03. The number of carbonyl (C=O) groups excluding carboxylic acids is 1. The lowest BCUT2D eigenvalue weighted by Crippen LogP contribution is -2.55. The summed E-state index contributed by atoms with van der Waals surface area (Å²) in [5.74, 6) is -0.105. The van der Waals surface area contributed by atoms with Gasteiger partial charge in [-0.1, -0.05) is 6.92 Å². The van der Waals surface area contributed by atoms with Crippen molar-refractivity contribution >= 4 is 5.91 Å². The third-order valence-electron chi connectivity index (χ3n) is 3.18. The van der Waals surface area contributed by atoms with E-state index in [1.165, 1.54) is 7.11 Å². The number of hydrogen-bond acceptors (Lipinski definition) is 3. The van der Waals surface area contributed by atoms with Crippen LogP contribution in [-0.4, -0.2) is 47.8 Å². The number of rotatable bonds is 5. The summed E-state index contributed by atoms with van der Waals surface area (Å²) in [6, 6.07) is 0. The molecule has 0 heterocycles. The molecule has 90 valence electrons. The fourth-order valence-electron chi connectivity index (χ4n) is 1.12. The number of methoxy groups -OCH3 is 1. The topological polar surface area (TPSA) is 49.8 Å². The molecule has 1 unspecified atom stereocenters. The molecule has 1 amide bonds. The Bertz CT molecular complexity index is 222. The highest BCUT2D eigenvalue weighted by atomic mass is 16.5. The lowest BCUT2D eigenvalue weighted by atomic mass is 9.97. The number of carbonyl (C=O) groups is 1. The van der Waals surface area contributed by atoms with Crippen LogP contribution in [-0.2, 0) is 9.53 Å².